The van der Waals surface area contributed by atoms with E-state index in [4.69, 9.17) is 5.11 Å². The van der Waals surface area contributed by atoms with Gasteiger partial charge in [-0.1, -0.05) is 17.7 Å². The Hall–Kier alpha value is -0.860. The van der Waals surface area contributed by atoms with Crippen LogP contribution in [0.15, 0.2) is 24.3 Å². The van der Waals surface area contributed by atoms with Crippen molar-refractivity contribution in [3.63, 3.8) is 0 Å². The minimum atomic E-state index is 0.223. The van der Waals surface area contributed by atoms with Crippen LogP contribution in [-0.2, 0) is 0 Å². The average molecular weight is 180 g/mol. The van der Waals surface area contributed by atoms with Crippen molar-refractivity contribution in [1.82, 2.24) is 4.48 Å². The molecule has 0 atom stereocenters. The molecule has 0 spiro atoms. The molecule has 0 amide bonds. The third-order valence-corrected chi connectivity index (χ3v) is 2.39. The van der Waals surface area contributed by atoms with Crippen molar-refractivity contribution in [2.75, 3.05) is 27.2 Å². The Labute approximate surface area is 80.0 Å². The third-order valence-electron chi connectivity index (χ3n) is 2.39. The maximum atomic E-state index is 8.90. The fourth-order valence-corrected chi connectivity index (χ4v) is 1.33. The topological polar surface area (TPSA) is 20.2 Å². The Bertz CT molecular complexity index is 264. The highest BCUT2D eigenvalue weighted by molar-refractivity contribution is 5.42. The summed E-state index contributed by atoms with van der Waals surface area (Å²) in [5.41, 5.74) is 2.51. The van der Waals surface area contributed by atoms with E-state index in [9.17, 15) is 0 Å². The summed E-state index contributed by atoms with van der Waals surface area (Å²) in [4.78, 5) is 0. The van der Waals surface area contributed by atoms with Gasteiger partial charge in [0.25, 0.3) is 0 Å². The Morgan fingerprint density at radius 2 is 1.69 bits per heavy atom. The van der Waals surface area contributed by atoms with Crippen molar-refractivity contribution in [2.24, 2.45) is 0 Å². The van der Waals surface area contributed by atoms with Crippen molar-refractivity contribution in [1.29, 1.82) is 0 Å². The van der Waals surface area contributed by atoms with E-state index in [0.717, 1.165) is 11.0 Å². The first kappa shape index (κ1) is 10.2. The molecule has 0 unspecified atom stereocenters. The van der Waals surface area contributed by atoms with Gasteiger partial charge in [-0.15, -0.1) is 0 Å². The van der Waals surface area contributed by atoms with E-state index in [2.05, 4.69) is 45.3 Å². The van der Waals surface area contributed by atoms with Crippen LogP contribution in [0.5, 0.6) is 0 Å². The highest BCUT2D eigenvalue weighted by Crippen LogP contribution is 2.18. The SMILES string of the molecule is Cc1ccc([N+](C)(C)CCO)cc1. The van der Waals surface area contributed by atoms with E-state index in [-0.39, 0.29) is 6.61 Å². The van der Waals surface area contributed by atoms with Crippen molar-refractivity contribution in [2.45, 2.75) is 6.92 Å². The molecule has 0 aliphatic rings. The third kappa shape index (κ3) is 2.54. The monoisotopic (exact) mass is 180 g/mol. The molecule has 0 heterocycles. The molecule has 0 fully saturated rings. The van der Waals surface area contributed by atoms with Crippen LogP contribution in [0, 0.1) is 6.92 Å². The Morgan fingerprint density at radius 3 is 2.15 bits per heavy atom. The van der Waals surface area contributed by atoms with Crippen molar-refractivity contribution in [3.8, 4) is 0 Å². The number of likely N-dealkylation sites (N-methyl/N-ethyl adjacent to an activating group) is 1. The van der Waals surface area contributed by atoms with Crippen molar-refractivity contribution >= 4 is 5.69 Å². The largest absolute Gasteiger partial charge is 0.390 e. The van der Waals surface area contributed by atoms with Crippen LogP contribution in [0.3, 0.4) is 0 Å². The number of hydrogen-bond donors (Lipinski definition) is 1. The number of nitrogens with zero attached hydrogens (tertiary/aromatic N) is 1. The van der Waals surface area contributed by atoms with E-state index < -0.39 is 0 Å². The summed E-state index contributed by atoms with van der Waals surface area (Å²) in [5, 5.41) is 8.90. The lowest BCUT2D eigenvalue weighted by Gasteiger charge is -2.28. The van der Waals surface area contributed by atoms with E-state index in [1.165, 1.54) is 11.3 Å². The van der Waals surface area contributed by atoms with Crippen LogP contribution in [0.25, 0.3) is 0 Å². The minimum absolute atomic E-state index is 0.223. The number of rotatable bonds is 3. The highest BCUT2D eigenvalue weighted by atomic mass is 16.3. The van der Waals surface area contributed by atoms with Gasteiger partial charge in [0.1, 0.15) is 12.2 Å². The second-order valence-corrected chi connectivity index (χ2v) is 3.97. The first-order valence-electron chi connectivity index (χ1n) is 4.57. The highest BCUT2D eigenvalue weighted by Gasteiger charge is 2.16. The lowest BCUT2D eigenvalue weighted by Crippen LogP contribution is -2.42. The Kier molecular flexibility index (Phi) is 3.07. The molecule has 1 aromatic rings. The maximum Gasteiger partial charge on any atom is 0.132 e. The zero-order valence-corrected chi connectivity index (χ0v) is 8.62. The van der Waals surface area contributed by atoms with Gasteiger partial charge in [-0.05, 0) is 19.1 Å². The summed E-state index contributed by atoms with van der Waals surface area (Å²) in [6.07, 6.45) is 0. The quantitative estimate of drug-likeness (QED) is 0.700. The predicted octanol–water partition coefficient (Wildman–Crippen LogP) is 1.55. The number of aliphatic hydroxyl groups is 1. The molecule has 0 aliphatic carbocycles. The lowest BCUT2D eigenvalue weighted by molar-refractivity contribution is 0.242. The smallest absolute Gasteiger partial charge is 0.132 e. The summed E-state index contributed by atoms with van der Waals surface area (Å²) in [6, 6.07) is 8.44. The van der Waals surface area contributed by atoms with Gasteiger partial charge in [0.05, 0.1) is 20.7 Å². The molecule has 72 valence electrons. The van der Waals surface area contributed by atoms with Gasteiger partial charge < -0.3 is 5.11 Å². The molecule has 1 aromatic carbocycles. The molecule has 0 aliphatic heterocycles. The lowest BCUT2D eigenvalue weighted by atomic mass is 10.2. The molecule has 2 heteroatoms. The molecule has 2 nitrogen and oxygen atoms in total. The molecule has 0 radical (unpaired) electrons. The van der Waals surface area contributed by atoms with Crippen LogP contribution in [-0.4, -0.2) is 32.4 Å². The van der Waals surface area contributed by atoms with Crippen LogP contribution < -0.4 is 4.48 Å². The molecule has 13 heavy (non-hydrogen) atoms. The van der Waals surface area contributed by atoms with Gasteiger partial charge in [0.15, 0.2) is 0 Å². The maximum absolute atomic E-state index is 8.90. The summed E-state index contributed by atoms with van der Waals surface area (Å²) < 4.78 is 0.733. The van der Waals surface area contributed by atoms with E-state index in [1.807, 2.05) is 0 Å². The van der Waals surface area contributed by atoms with Crippen molar-refractivity contribution in [3.05, 3.63) is 29.8 Å². The normalized spacial score (nSPS) is 11.7. The van der Waals surface area contributed by atoms with Crippen LogP contribution in [0.2, 0.25) is 0 Å². The number of quaternary nitrogens is 1. The van der Waals surface area contributed by atoms with Crippen LogP contribution in [0.4, 0.5) is 5.69 Å². The van der Waals surface area contributed by atoms with Gasteiger partial charge in [-0.25, -0.2) is 0 Å². The second-order valence-electron chi connectivity index (χ2n) is 3.97. The predicted molar refractivity (Wildman–Crippen MR) is 56.8 cm³/mol. The fourth-order valence-electron chi connectivity index (χ4n) is 1.33. The summed E-state index contributed by atoms with van der Waals surface area (Å²) >= 11 is 0. The van der Waals surface area contributed by atoms with E-state index in [1.54, 1.807) is 0 Å². The zero-order valence-electron chi connectivity index (χ0n) is 8.62. The number of aliphatic hydroxyl groups excluding tert-OH is 1. The first-order chi connectivity index (χ1) is 6.06. The minimum Gasteiger partial charge on any atom is -0.390 e. The van der Waals surface area contributed by atoms with E-state index in [0.29, 0.717) is 0 Å². The Morgan fingerprint density at radius 1 is 1.15 bits per heavy atom. The van der Waals surface area contributed by atoms with Gasteiger partial charge in [-0.3, -0.25) is 4.48 Å². The molecular formula is C11H18NO+. The zero-order chi connectivity index (χ0) is 9.90. The summed E-state index contributed by atoms with van der Waals surface area (Å²) in [5.74, 6) is 0. The van der Waals surface area contributed by atoms with Gasteiger partial charge in [0, 0.05) is 0 Å². The van der Waals surface area contributed by atoms with Gasteiger partial charge in [-0.2, -0.15) is 0 Å². The molecule has 0 aromatic heterocycles. The number of hydrogen-bond acceptors (Lipinski definition) is 1. The number of benzene rings is 1. The Balaban J connectivity index is 2.87. The first-order valence-corrected chi connectivity index (χ1v) is 4.57. The van der Waals surface area contributed by atoms with Gasteiger partial charge >= 0.3 is 0 Å². The van der Waals surface area contributed by atoms with Crippen LogP contribution in [0.1, 0.15) is 5.56 Å². The molecule has 0 bridgehead atoms. The standard InChI is InChI=1S/C11H18NO/c1-10-4-6-11(7-5-10)12(2,3)8-9-13/h4-7,13H,8-9H2,1-3H3/q+1. The average Bonchev–Trinajstić information content (AvgIpc) is 2.05. The van der Waals surface area contributed by atoms with E-state index >= 15 is 0 Å². The summed E-state index contributed by atoms with van der Waals surface area (Å²) in [6.45, 7) is 3.06. The molecule has 1 rings (SSSR count). The number of aryl methyl sites for hydroxylation is 1. The molecule has 0 saturated heterocycles. The van der Waals surface area contributed by atoms with Crippen LogP contribution >= 0.6 is 0 Å². The van der Waals surface area contributed by atoms with Crippen molar-refractivity contribution < 1.29 is 5.11 Å². The second kappa shape index (κ2) is 3.90. The molecule has 1 N–H and O–H groups in total. The summed E-state index contributed by atoms with van der Waals surface area (Å²) in [7, 11) is 4.20. The molecule has 0 saturated carbocycles. The fraction of sp³-hybridized carbons (Fsp3) is 0.455. The molecular weight excluding hydrogens is 162 g/mol. The van der Waals surface area contributed by atoms with Gasteiger partial charge in [0.2, 0.25) is 0 Å².